The first kappa shape index (κ1) is 13.7. The predicted octanol–water partition coefficient (Wildman–Crippen LogP) is 2.50. The summed E-state index contributed by atoms with van der Waals surface area (Å²) in [5.74, 6) is 1.70. The minimum Gasteiger partial charge on any atom is -0.454 e. The van der Waals surface area contributed by atoms with Gasteiger partial charge < -0.3 is 14.4 Å². The molecule has 1 aromatic carbocycles. The highest BCUT2D eigenvalue weighted by Crippen LogP contribution is 2.34. The number of hydrogen-bond donors (Lipinski definition) is 0. The lowest BCUT2D eigenvalue weighted by atomic mass is 10.0. The monoisotopic (exact) mass is 260 g/mol. The number of fused-ring (bicyclic) bond motifs is 1. The van der Waals surface area contributed by atoms with E-state index >= 15 is 0 Å². The first-order chi connectivity index (χ1) is 9.20. The van der Waals surface area contributed by atoms with Gasteiger partial charge in [-0.25, -0.2) is 0 Å². The van der Waals surface area contributed by atoms with Crippen molar-refractivity contribution in [1.29, 1.82) is 5.26 Å². The average molecular weight is 260 g/mol. The Kier molecular flexibility index (Phi) is 4.64. The summed E-state index contributed by atoms with van der Waals surface area (Å²) in [5.41, 5.74) is 2.55. The van der Waals surface area contributed by atoms with Crippen LogP contribution in [0.1, 0.15) is 24.0 Å². The summed E-state index contributed by atoms with van der Waals surface area (Å²) < 4.78 is 10.8. The zero-order valence-corrected chi connectivity index (χ0v) is 11.6. The van der Waals surface area contributed by atoms with Gasteiger partial charge in [-0.05, 0) is 56.6 Å². The van der Waals surface area contributed by atoms with Crippen LogP contribution in [-0.4, -0.2) is 31.8 Å². The smallest absolute Gasteiger partial charge is 0.231 e. The van der Waals surface area contributed by atoms with Gasteiger partial charge in [0.25, 0.3) is 0 Å². The first-order valence-corrected chi connectivity index (χ1v) is 6.65. The highest BCUT2D eigenvalue weighted by Gasteiger charge is 2.15. The molecule has 0 bridgehead atoms. The zero-order valence-electron chi connectivity index (χ0n) is 11.6. The number of nitriles is 1. The van der Waals surface area contributed by atoms with Crippen LogP contribution < -0.4 is 9.47 Å². The van der Waals surface area contributed by atoms with Crippen LogP contribution in [0.25, 0.3) is 0 Å². The molecule has 0 spiro atoms. The van der Waals surface area contributed by atoms with Gasteiger partial charge in [-0.1, -0.05) is 0 Å². The van der Waals surface area contributed by atoms with E-state index in [-0.39, 0.29) is 0 Å². The van der Waals surface area contributed by atoms with Gasteiger partial charge in [-0.15, -0.1) is 0 Å². The molecule has 0 aliphatic carbocycles. The van der Waals surface area contributed by atoms with Crippen molar-refractivity contribution in [3.05, 3.63) is 23.3 Å². The molecule has 1 aliphatic rings. The molecule has 0 N–H and O–H groups in total. The molecule has 1 aliphatic heterocycles. The van der Waals surface area contributed by atoms with Crippen LogP contribution in [0.3, 0.4) is 0 Å². The standard InChI is InChI=1S/C15H20N2O2/c1-12-9-14-15(19-11-18-14)10-13(12)5-8-17(2)7-4-3-6-16/h9-10H,3-5,7-8,11H2,1-2H3. The molecule has 0 fully saturated rings. The minimum absolute atomic E-state index is 0.326. The summed E-state index contributed by atoms with van der Waals surface area (Å²) in [7, 11) is 2.10. The average Bonchev–Trinajstić information content (AvgIpc) is 2.83. The van der Waals surface area contributed by atoms with E-state index in [1.54, 1.807) is 0 Å². The lowest BCUT2D eigenvalue weighted by molar-refractivity contribution is 0.174. The van der Waals surface area contributed by atoms with Crippen LogP contribution in [0.5, 0.6) is 11.5 Å². The Balaban J connectivity index is 1.88. The van der Waals surface area contributed by atoms with Crippen molar-refractivity contribution in [1.82, 2.24) is 4.90 Å². The minimum atomic E-state index is 0.326. The summed E-state index contributed by atoms with van der Waals surface area (Å²) in [6.07, 6.45) is 2.56. The molecule has 0 saturated carbocycles. The third kappa shape index (κ3) is 3.62. The predicted molar refractivity (Wildman–Crippen MR) is 73.4 cm³/mol. The second-order valence-electron chi connectivity index (χ2n) is 4.95. The van der Waals surface area contributed by atoms with Crippen LogP contribution in [0.2, 0.25) is 0 Å². The van der Waals surface area contributed by atoms with Gasteiger partial charge in [0.2, 0.25) is 6.79 Å². The number of nitrogens with zero attached hydrogens (tertiary/aromatic N) is 2. The van der Waals surface area contributed by atoms with Crippen molar-refractivity contribution in [2.24, 2.45) is 0 Å². The van der Waals surface area contributed by atoms with Crippen molar-refractivity contribution in [2.45, 2.75) is 26.2 Å². The molecule has 0 aromatic heterocycles. The van der Waals surface area contributed by atoms with Crippen molar-refractivity contribution in [3.63, 3.8) is 0 Å². The molecule has 0 saturated heterocycles. The van der Waals surface area contributed by atoms with Crippen molar-refractivity contribution < 1.29 is 9.47 Å². The fourth-order valence-electron chi connectivity index (χ4n) is 2.21. The third-order valence-electron chi connectivity index (χ3n) is 3.42. The normalized spacial score (nSPS) is 12.7. The molecule has 0 unspecified atom stereocenters. The van der Waals surface area contributed by atoms with Crippen LogP contribution >= 0.6 is 0 Å². The number of unbranched alkanes of at least 4 members (excludes halogenated alkanes) is 1. The number of likely N-dealkylation sites (N-methyl/N-ethyl adjacent to an activating group) is 1. The van der Waals surface area contributed by atoms with E-state index in [1.165, 1.54) is 11.1 Å². The van der Waals surface area contributed by atoms with Crippen LogP contribution in [0.4, 0.5) is 0 Å². The highest BCUT2D eigenvalue weighted by molar-refractivity contribution is 5.48. The van der Waals surface area contributed by atoms with Crippen LogP contribution in [-0.2, 0) is 6.42 Å². The Morgan fingerprint density at radius 1 is 1.26 bits per heavy atom. The summed E-state index contributed by atoms with van der Waals surface area (Å²) in [4.78, 5) is 2.27. The van der Waals surface area contributed by atoms with E-state index in [0.717, 1.165) is 37.4 Å². The van der Waals surface area contributed by atoms with E-state index in [1.807, 2.05) is 6.07 Å². The lowest BCUT2D eigenvalue weighted by Crippen LogP contribution is -2.22. The van der Waals surface area contributed by atoms with Gasteiger partial charge in [0.05, 0.1) is 6.07 Å². The molecule has 1 aromatic rings. The Morgan fingerprint density at radius 3 is 2.74 bits per heavy atom. The summed E-state index contributed by atoms with van der Waals surface area (Å²) in [5, 5.41) is 8.52. The van der Waals surface area contributed by atoms with E-state index in [0.29, 0.717) is 13.2 Å². The topological polar surface area (TPSA) is 45.5 Å². The SMILES string of the molecule is Cc1cc2c(cc1CCN(C)CCCC#N)OCO2. The van der Waals surface area contributed by atoms with Crippen molar-refractivity contribution in [3.8, 4) is 17.6 Å². The van der Waals surface area contributed by atoms with E-state index in [2.05, 4.69) is 31.0 Å². The maximum atomic E-state index is 8.52. The maximum absolute atomic E-state index is 8.52. The van der Waals surface area contributed by atoms with Gasteiger partial charge in [0.1, 0.15) is 0 Å². The molecule has 0 radical (unpaired) electrons. The maximum Gasteiger partial charge on any atom is 0.231 e. The molecule has 2 rings (SSSR count). The Labute approximate surface area is 114 Å². The summed E-state index contributed by atoms with van der Waals surface area (Å²) >= 11 is 0. The summed E-state index contributed by atoms with van der Waals surface area (Å²) in [6.45, 7) is 4.39. The number of aryl methyl sites for hydroxylation is 1. The molecule has 19 heavy (non-hydrogen) atoms. The van der Waals surface area contributed by atoms with Gasteiger partial charge >= 0.3 is 0 Å². The zero-order chi connectivity index (χ0) is 13.7. The number of ether oxygens (including phenoxy) is 2. The second kappa shape index (κ2) is 6.44. The third-order valence-corrected chi connectivity index (χ3v) is 3.42. The fraction of sp³-hybridized carbons (Fsp3) is 0.533. The van der Waals surface area contributed by atoms with Crippen molar-refractivity contribution in [2.75, 3.05) is 26.9 Å². The Hall–Kier alpha value is -1.73. The van der Waals surface area contributed by atoms with Crippen LogP contribution in [0, 0.1) is 18.3 Å². The van der Waals surface area contributed by atoms with E-state index < -0.39 is 0 Å². The number of hydrogen-bond acceptors (Lipinski definition) is 4. The van der Waals surface area contributed by atoms with Crippen molar-refractivity contribution >= 4 is 0 Å². The van der Waals surface area contributed by atoms with Gasteiger partial charge in [-0.2, -0.15) is 5.26 Å². The quantitative estimate of drug-likeness (QED) is 0.737. The molecule has 4 nitrogen and oxygen atoms in total. The van der Waals surface area contributed by atoms with E-state index in [4.69, 9.17) is 14.7 Å². The van der Waals surface area contributed by atoms with Gasteiger partial charge in [0, 0.05) is 13.0 Å². The number of benzene rings is 1. The Bertz CT molecular complexity index is 480. The highest BCUT2D eigenvalue weighted by atomic mass is 16.7. The van der Waals surface area contributed by atoms with Gasteiger partial charge in [0.15, 0.2) is 11.5 Å². The summed E-state index contributed by atoms with van der Waals surface area (Å²) in [6, 6.07) is 6.31. The lowest BCUT2D eigenvalue weighted by Gasteiger charge is -2.16. The molecule has 0 amide bonds. The Morgan fingerprint density at radius 2 is 2.00 bits per heavy atom. The molecule has 1 heterocycles. The molecule has 102 valence electrons. The molecule has 0 atom stereocenters. The second-order valence-corrected chi connectivity index (χ2v) is 4.95. The first-order valence-electron chi connectivity index (χ1n) is 6.65. The molecule has 4 heteroatoms. The van der Waals surface area contributed by atoms with Gasteiger partial charge in [-0.3, -0.25) is 0 Å². The van der Waals surface area contributed by atoms with E-state index in [9.17, 15) is 0 Å². The largest absolute Gasteiger partial charge is 0.454 e. The molecular weight excluding hydrogens is 240 g/mol. The number of rotatable bonds is 6. The van der Waals surface area contributed by atoms with Crippen LogP contribution in [0.15, 0.2) is 12.1 Å². The molecular formula is C15H20N2O2. The fourth-order valence-corrected chi connectivity index (χ4v) is 2.21.